The van der Waals surface area contributed by atoms with Gasteiger partial charge in [-0.1, -0.05) is 29.8 Å². The lowest BCUT2D eigenvalue weighted by Gasteiger charge is -2.29. The summed E-state index contributed by atoms with van der Waals surface area (Å²) >= 11 is 3.36. The van der Waals surface area contributed by atoms with Gasteiger partial charge in [0.1, 0.15) is 12.3 Å². The van der Waals surface area contributed by atoms with E-state index in [9.17, 15) is 14.4 Å². The molecule has 1 aliphatic heterocycles. The van der Waals surface area contributed by atoms with E-state index in [1.807, 2.05) is 13.8 Å². The molecule has 0 atom stereocenters. The van der Waals surface area contributed by atoms with Gasteiger partial charge in [0.15, 0.2) is 6.61 Å². The summed E-state index contributed by atoms with van der Waals surface area (Å²) in [5, 5.41) is 5.59. The summed E-state index contributed by atoms with van der Waals surface area (Å²) < 4.78 is 6.26. The number of hydrogen-bond acceptors (Lipinski definition) is 4. The molecule has 1 aliphatic rings. The highest BCUT2D eigenvalue weighted by molar-refractivity contribution is 9.10. The van der Waals surface area contributed by atoms with Gasteiger partial charge >= 0.3 is 0 Å². The Balaban J connectivity index is 1.61. The maximum absolute atomic E-state index is 12.5. The molecule has 8 heteroatoms. The summed E-state index contributed by atoms with van der Waals surface area (Å²) in [6, 6.07) is 12.1. The van der Waals surface area contributed by atoms with E-state index >= 15 is 0 Å². The zero-order valence-corrected chi connectivity index (χ0v) is 17.8. The first-order valence-electron chi connectivity index (χ1n) is 9.24. The fourth-order valence-corrected chi connectivity index (χ4v) is 3.26. The number of hydrogen-bond donors (Lipinski definition) is 2. The van der Waals surface area contributed by atoms with Gasteiger partial charge < -0.3 is 15.4 Å². The second-order valence-electron chi connectivity index (χ2n) is 7.15. The van der Waals surface area contributed by atoms with Crippen molar-refractivity contribution in [1.29, 1.82) is 0 Å². The highest BCUT2D eigenvalue weighted by atomic mass is 79.9. The van der Waals surface area contributed by atoms with Crippen molar-refractivity contribution in [2.45, 2.75) is 20.3 Å². The molecule has 0 aliphatic carbocycles. The molecule has 3 rings (SSSR count). The second-order valence-corrected chi connectivity index (χ2v) is 8.07. The number of fused-ring (bicyclic) bond motifs is 1. The normalized spacial score (nSPS) is 13.0. The molecule has 0 saturated carbocycles. The number of carbonyl (C=O) groups excluding carboxylic acids is 3. The smallest absolute Gasteiger partial charge is 0.265 e. The Hall–Kier alpha value is -2.87. The Morgan fingerprint density at radius 2 is 1.69 bits per heavy atom. The van der Waals surface area contributed by atoms with Crippen LogP contribution in [0.4, 0.5) is 17.1 Å². The topological polar surface area (TPSA) is 87.7 Å². The lowest BCUT2D eigenvalue weighted by atomic mass is 10.1. The van der Waals surface area contributed by atoms with E-state index < -0.39 is 0 Å². The summed E-state index contributed by atoms with van der Waals surface area (Å²) in [6.07, 6.45) is 0.449. The van der Waals surface area contributed by atoms with Gasteiger partial charge in [-0.05, 0) is 48.4 Å². The van der Waals surface area contributed by atoms with Gasteiger partial charge in [0.2, 0.25) is 11.8 Å². The van der Waals surface area contributed by atoms with Crippen molar-refractivity contribution >= 4 is 50.7 Å². The molecule has 3 amide bonds. The van der Waals surface area contributed by atoms with Crippen LogP contribution in [-0.4, -0.2) is 30.9 Å². The Labute approximate surface area is 177 Å². The maximum atomic E-state index is 12.5. The first-order valence-corrected chi connectivity index (χ1v) is 10.0. The van der Waals surface area contributed by atoms with Crippen LogP contribution in [0.2, 0.25) is 0 Å². The van der Waals surface area contributed by atoms with Crippen LogP contribution in [-0.2, 0) is 14.4 Å². The van der Waals surface area contributed by atoms with Gasteiger partial charge in [-0.15, -0.1) is 0 Å². The molecule has 0 radical (unpaired) electrons. The largest absolute Gasteiger partial charge is 0.482 e. The lowest BCUT2D eigenvalue weighted by molar-refractivity contribution is -0.123. The van der Waals surface area contributed by atoms with E-state index in [1.165, 1.54) is 4.90 Å². The summed E-state index contributed by atoms with van der Waals surface area (Å²) in [7, 11) is 0. The number of nitrogens with one attached hydrogen (secondary N) is 2. The first kappa shape index (κ1) is 20.9. The monoisotopic (exact) mass is 459 g/mol. The van der Waals surface area contributed by atoms with Gasteiger partial charge in [0.25, 0.3) is 5.91 Å². The number of nitrogens with zero attached hydrogens (tertiary/aromatic N) is 1. The van der Waals surface area contributed by atoms with Crippen LogP contribution in [0.1, 0.15) is 20.3 Å². The number of ether oxygens (including phenoxy) is 1. The molecule has 152 valence electrons. The van der Waals surface area contributed by atoms with E-state index in [0.29, 0.717) is 29.2 Å². The summed E-state index contributed by atoms with van der Waals surface area (Å²) in [5.74, 6) is 0.174. The van der Waals surface area contributed by atoms with Crippen molar-refractivity contribution in [2.24, 2.45) is 5.92 Å². The minimum atomic E-state index is -0.328. The molecule has 29 heavy (non-hydrogen) atoms. The van der Waals surface area contributed by atoms with Gasteiger partial charge in [0.05, 0.1) is 5.69 Å². The van der Waals surface area contributed by atoms with E-state index in [1.54, 1.807) is 42.5 Å². The molecular formula is C21H22BrN3O4. The van der Waals surface area contributed by atoms with Crippen molar-refractivity contribution in [1.82, 2.24) is 0 Å². The first-order chi connectivity index (χ1) is 13.8. The van der Waals surface area contributed by atoms with Crippen molar-refractivity contribution in [3.8, 4) is 5.75 Å². The van der Waals surface area contributed by atoms with Crippen LogP contribution < -0.4 is 20.3 Å². The van der Waals surface area contributed by atoms with Gasteiger partial charge in [0, 0.05) is 22.3 Å². The number of benzene rings is 2. The van der Waals surface area contributed by atoms with Crippen molar-refractivity contribution in [2.75, 3.05) is 28.7 Å². The summed E-state index contributed by atoms with van der Waals surface area (Å²) in [4.78, 5) is 37.9. The second kappa shape index (κ2) is 9.09. The van der Waals surface area contributed by atoms with Gasteiger partial charge in [-0.2, -0.15) is 0 Å². The molecule has 0 fully saturated rings. The molecule has 0 unspecified atom stereocenters. The average molecular weight is 460 g/mol. The lowest BCUT2D eigenvalue weighted by Crippen LogP contribution is -2.43. The Morgan fingerprint density at radius 3 is 2.31 bits per heavy atom. The standard InChI is InChI=1S/C21H22BrN3O4/c1-13(2)9-19(26)23-15-4-6-16(7-5-15)24-20(27)11-25-17-8-3-14(22)10-18(17)29-12-21(25)28/h3-8,10,13H,9,11-12H2,1-2H3,(H,23,26)(H,24,27). The fraction of sp³-hybridized carbons (Fsp3) is 0.286. The molecular weight excluding hydrogens is 438 g/mol. The number of rotatable bonds is 6. The van der Waals surface area contributed by atoms with Gasteiger partial charge in [-0.25, -0.2) is 0 Å². The quantitative estimate of drug-likeness (QED) is 0.687. The molecule has 7 nitrogen and oxygen atoms in total. The summed E-state index contributed by atoms with van der Waals surface area (Å²) in [6.45, 7) is 3.73. The van der Waals surface area contributed by atoms with E-state index in [4.69, 9.17) is 4.74 Å². The zero-order chi connectivity index (χ0) is 21.0. The molecule has 0 bridgehead atoms. The summed E-state index contributed by atoms with van der Waals surface area (Å²) in [5.41, 5.74) is 1.80. The average Bonchev–Trinajstić information content (AvgIpc) is 2.65. The van der Waals surface area contributed by atoms with Crippen molar-refractivity contribution < 1.29 is 19.1 Å². The van der Waals surface area contributed by atoms with Crippen molar-refractivity contribution in [3.05, 3.63) is 46.9 Å². The molecule has 2 aromatic carbocycles. The third-order valence-electron chi connectivity index (χ3n) is 4.21. The predicted molar refractivity (Wildman–Crippen MR) is 115 cm³/mol. The minimum Gasteiger partial charge on any atom is -0.482 e. The third-order valence-corrected chi connectivity index (χ3v) is 4.71. The predicted octanol–water partition coefficient (Wildman–Crippen LogP) is 3.80. The van der Waals surface area contributed by atoms with E-state index in [0.717, 1.165) is 4.47 Å². The number of anilines is 3. The molecule has 2 N–H and O–H groups in total. The van der Waals surface area contributed by atoms with Crippen LogP contribution >= 0.6 is 15.9 Å². The Kier molecular flexibility index (Phi) is 6.53. The van der Waals surface area contributed by atoms with Crippen molar-refractivity contribution in [3.63, 3.8) is 0 Å². The highest BCUT2D eigenvalue weighted by Gasteiger charge is 2.27. The van der Waals surface area contributed by atoms with E-state index in [-0.39, 0.29) is 36.8 Å². The molecule has 0 saturated heterocycles. The number of amides is 3. The van der Waals surface area contributed by atoms with Crippen LogP contribution in [0.25, 0.3) is 0 Å². The van der Waals surface area contributed by atoms with Gasteiger partial charge in [-0.3, -0.25) is 19.3 Å². The minimum absolute atomic E-state index is 0.0482. The van der Waals surface area contributed by atoms with Crippen LogP contribution in [0.5, 0.6) is 5.75 Å². The number of halogens is 1. The van der Waals surface area contributed by atoms with Crippen LogP contribution in [0.3, 0.4) is 0 Å². The van der Waals surface area contributed by atoms with E-state index in [2.05, 4.69) is 26.6 Å². The third kappa shape index (κ3) is 5.57. The molecule has 1 heterocycles. The molecule has 0 aromatic heterocycles. The fourth-order valence-electron chi connectivity index (χ4n) is 2.92. The van der Waals surface area contributed by atoms with Crippen LogP contribution in [0, 0.1) is 5.92 Å². The Bertz CT molecular complexity index is 928. The molecule has 2 aromatic rings. The molecule has 0 spiro atoms. The highest BCUT2D eigenvalue weighted by Crippen LogP contribution is 2.34. The van der Waals surface area contributed by atoms with Crippen LogP contribution in [0.15, 0.2) is 46.9 Å². The maximum Gasteiger partial charge on any atom is 0.265 e. The number of carbonyl (C=O) groups is 3. The Morgan fingerprint density at radius 1 is 1.07 bits per heavy atom. The SMILES string of the molecule is CC(C)CC(=O)Nc1ccc(NC(=O)CN2C(=O)COc3cc(Br)ccc32)cc1. The zero-order valence-electron chi connectivity index (χ0n) is 16.2.